The molecule has 0 unspecified atom stereocenters. The first-order valence-corrected chi connectivity index (χ1v) is 6.42. The van der Waals surface area contributed by atoms with Crippen molar-refractivity contribution in [2.75, 3.05) is 32.1 Å². The Bertz CT molecular complexity index is 227. The first kappa shape index (κ1) is 13.8. The fraction of sp³-hybridized carbons (Fsp3) is 1.00. The van der Waals surface area contributed by atoms with Gasteiger partial charge in [-0.05, 0) is 5.92 Å². The van der Waals surface area contributed by atoms with Crippen molar-refractivity contribution in [2.45, 2.75) is 13.8 Å². The molecule has 0 radical (unpaired) electrons. The molecular formula is C8H20N2O3S. The normalized spacial score (nSPS) is 12.3. The molecule has 0 bridgehead atoms. The van der Waals surface area contributed by atoms with Crippen LogP contribution in [-0.2, 0) is 14.8 Å². The van der Waals surface area contributed by atoms with E-state index in [1.54, 1.807) is 0 Å². The Labute approximate surface area is 86.1 Å². The third-order valence-corrected chi connectivity index (χ3v) is 2.21. The van der Waals surface area contributed by atoms with Gasteiger partial charge in [-0.3, -0.25) is 0 Å². The Morgan fingerprint density at radius 2 is 2.00 bits per heavy atom. The van der Waals surface area contributed by atoms with Crippen molar-refractivity contribution in [1.82, 2.24) is 5.32 Å². The van der Waals surface area contributed by atoms with Crippen molar-refractivity contribution in [3.05, 3.63) is 0 Å². The largest absolute Gasteiger partial charge is 0.380 e. The third-order valence-electron chi connectivity index (χ3n) is 1.44. The predicted molar refractivity (Wildman–Crippen MR) is 56.5 cm³/mol. The molecule has 0 aliphatic rings. The molecule has 3 N–H and O–H groups in total. The van der Waals surface area contributed by atoms with Gasteiger partial charge in [0.2, 0.25) is 10.0 Å². The van der Waals surface area contributed by atoms with Crippen LogP contribution in [0.5, 0.6) is 0 Å². The van der Waals surface area contributed by atoms with E-state index in [-0.39, 0.29) is 5.75 Å². The summed E-state index contributed by atoms with van der Waals surface area (Å²) in [6.07, 6.45) is 0. The van der Waals surface area contributed by atoms with E-state index in [9.17, 15) is 8.42 Å². The SMILES string of the molecule is CC(C)COCCNCCS(N)(=O)=O. The summed E-state index contributed by atoms with van der Waals surface area (Å²) in [5.74, 6) is 0.497. The molecule has 0 spiro atoms. The second-order valence-electron chi connectivity index (χ2n) is 3.59. The van der Waals surface area contributed by atoms with E-state index in [0.29, 0.717) is 25.6 Å². The number of sulfonamides is 1. The summed E-state index contributed by atoms with van der Waals surface area (Å²) in [6, 6.07) is 0. The number of nitrogens with one attached hydrogen (secondary N) is 1. The summed E-state index contributed by atoms with van der Waals surface area (Å²) in [6.45, 7) is 6.52. The minimum Gasteiger partial charge on any atom is -0.380 e. The Balaban J connectivity index is 3.15. The molecule has 0 aliphatic carbocycles. The zero-order chi connectivity index (χ0) is 11.0. The number of ether oxygens (including phenoxy) is 1. The number of nitrogens with two attached hydrogens (primary N) is 1. The van der Waals surface area contributed by atoms with Crippen molar-refractivity contribution < 1.29 is 13.2 Å². The van der Waals surface area contributed by atoms with Gasteiger partial charge in [-0.2, -0.15) is 0 Å². The number of rotatable bonds is 8. The molecule has 5 nitrogen and oxygen atoms in total. The maximum atomic E-state index is 10.5. The van der Waals surface area contributed by atoms with Crippen LogP contribution in [0.25, 0.3) is 0 Å². The van der Waals surface area contributed by atoms with E-state index in [1.165, 1.54) is 0 Å². The maximum Gasteiger partial charge on any atom is 0.210 e. The summed E-state index contributed by atoms with van der Waals surface area (Å²) in [4.78, 5) is 0. The minimum atomic E-state index is -3.33. The Morgan fingerprint density at radius 3 is 2.50 bits per heavy atom. The molecule has 0 fully saturated rings. The van der Waals surface area contributed by atoms with Crippen LogP contribution in [0.4, 0.5) is 0 Å². The minimum absolute atomic E-state index is 0.0306. The van der Waals surface area contributed by atoms with Crippen molar-refractivity contribution >= 4 is 10.0 Å². The molecular weight excluding hydrogens is 204 g/mol. The number of primary sulfonamides is 1. The highest BCUT2D eigenvalue weighted by Gasteiger charge is 2.00. The monoisotopic (exact) mass is 224 g/mol. The molecule has 6 heteroatoms. The molecule has 0 aromatic rings. The first-order chi connectivity index (χ1) is 6.42. The smallest absolute Gasteiger partial charge is 0.210 e. The van der Waals surface area contributed by atoms with Crippen molar-refractivity contribution in [3.8, 4) is 0 Å². The van der Waals surface area contributed by atoms with E-state index >= 15 is 0 Å². The van der Waals surface area contributed by atoms with E-state index in [0.717, 1.165) is 6.61 Å². The van der Waals surface area contributed by atoms with Crippen molar-refractivity contribution in [1.29, 1.82) is 0 Å². The predicted octanol–water partition coefficient (Wildman–Crippen LogP) is -0.463. The fourth-order valence-electron chi connectivity index (χ4n) is 0.803. The lowest BCUT2D eigenvalue weighted by Crippen LogP contribution is -2.29. The van der Waals surface area contributed by atoms with Gasteiger partial charge in [0, 0.05) is 19.7 Å². The Morgan fingerprint density at radius 1 is 1.36 bits per heavy atom. The zero-order valence-electron chi connectivity index (χ0n) is 8.82. The molecule has 86 valence electrons. The van der Waals surface area contributed by atoms with E-state index in [2.05, 4.69) is 19.2 Å². The quantitative estimate of drug-likeness (QED) is 0.547. The summed E-state index contributed by atoms with van der Waals surface area (Å²) in [5, 5.41) is 7.75. The first-order valence-electron chi connectivity index (χ1n) is 4.71. The van der Waals surface area contributed by atoms with Gasteiger partial charge in [-0.15, -0.1) is 0 Å². The van der Waals surface area contributed by atoms with Crippen LogP contribution in [0.1, 0.15) is 13.8 Å². The lowest BCUT2D eigenvalue weighted by atomic mass is 10.2. The van der Waals surface area contributed by atoms with Crippen LogP contribution < -0.4 is 10.5 Å². The summed E-state index contributed by atoms with van der Waals surface area (Å²) < 4.78 is 26.3. The van der Waals surface area contributed by atoms with Gasteiger partial charge in [0.25, 0.3) is 0 Å². The standard InChI is InChI=1S/C8H20N2O3S/c1-8(2)7-13-5-3-10-4-6-14(9,11)12/h8,10H,3-7H2,1-2H3,(H2,9,11,12). The number of hydrogen-bond acceptors (Lipinski definition) is 4. The Kier molecular flexibility index (Phi) is 7.08. The zero-order valence-corrected chi connectivity index (χ0v) is 9.64. The Hall–Kier alpha value is -0.170. The second kappa shape index (κ2) is 7.17. The summed E-state index contributed by atoms with van der Waals surface area (Å²) in [5.41, 5.74) is 0. The van der Waals surface area contributed by atoms with Gasteiger partial charge in [0.05, 0.1) is 12.4 Å². The maximum absolute atomic E-state index is 10.5. The van der Waals surface area contributed by atoms with Gasteiger partial charge >= 0.3 is 0 Å². The van der Waals surface area contributed by atoms with Crippen LogP contribution >= 0.6 is 0 Å². The van der Waals surface area contributed by atoms with Crippen LogP contribution in [0.3, 0.4) is 0 Å². The second-order valence-corrected chi connectivity index (χ2v) is 5.32. The van der Waals surface area contributed by atoms with Crippen LogP contribution in [-0.4, -0.2) is 40.5 Å². The average molecular weight is 224 g/mol. The van der Waals surface area contributed by atoms with Crippen molar-refractivity contribution in [2.24, 2.45) is 11.1 Å². The molecule has 0 aromatic carbocycles. The number of hydrogen-bond donors (Lipinski definition) is 2. The molecule has 14 heavy (non-hydrogen) atoms. The highest BCUT2D eigenvalue weighted by Crippen LogP contribution is 1.90. The van der Waals surface area contributed by atoms with E-state index < -0.39 is 10.0 Å². The van der Waals surface area contributed by atoms with Gasteiger partial charge in [0.1, 0.15) is 0 Å². The molecule has 0 aliphatic heterocycles. The average Bonchev–Trinajstić information content (AvgIpc) is 2.00. The third kappa shape index (κ3) is 11.8. The molecule has 0 amide bonds. The molecule has 0 heterocycles. The lowest BCUT2D eigenvalue weighted by Gasteiger charge is -2.07. The van der Waals surface area contributed by atoms with Crippen molar-refractivity contribution in [3.63, 3.8) is 0 Å². The molecule has 0 aromatic heterocycles. The van der Waals surface area contributed by atoms with Gasteiger partial charge in [-0.1, -0.05) is 13.8 Å². The van der Waals surface area contributed by atoms with Gasteiger partial charge in [-0.25, -0.2) is 13.6 Å². The molecule has 0 rings (SSSR count). The lowest BCUT2D eigenvalue weighted by molar-refractivity contribution is 0.112. The fourth-order valence-corrected chi connectivity index (χ4v) is 1.23. The topological polar surface area (TPSA) is 81.4 Å². The molecule has 0 atom stereocenters. The molecule has 0 saturated carbocycles. The van der Waals surface area contributed by atoms with Crippen LogP contribution in [0.15, 0.2) is 0 Å². The van der Waals surface area contributed by atoms with E-state index in [4.69, 9.17) is 9.88 Å². The van der Waals surface area contributed by atoms with Crippen LogP contribution in [0, 0.1) is 5.92 Å². The summed E-state index contributed by atoms with van der Waals surface area (Å²) >= 11 is 0. The van der Waals surface area contributed by atoms with E-state index in [1.807, 2.05) is 0 Å². The highest BCUT2D eigenvalue weighted by atomic mass is 32.2. The molecule has 0 saturated heterocycles. The van der Waals surface area contributed by atoms with Crippen LogP contribution in [0.2, 0.25) is 0 Å². The highest BCUT2D eigenvalue weighted by molar-refractivity contribution is 7.89. The van der Waals surface area contributed by atoms with Gasteiger partial charge < -0.3 is 10.1 Å². The van der Waals surface area contributed by atoms with Gasteiger partial charge in [0.15, 0.2) is 0 Å². The summed E-state index contributed by atoms with van der Waals surface area (Å²) in [7, 11) is -3.33.